The number of halogens is 1. The minimum atomic E-state index is -0.164. The molecule has 2 heterocycles. The van der Waals surface area contributed by atoms with Crippen LogP contribution in [0.4, 0.5) is 4.39 Å². The summed E-state index contributed by atoms with van der Waals surface area (Å²) in [5.41, 5.74) is 3.22. The maximum absolute atomic E-state index is 14.1. The Morgan fingerprint density at radius 3 is 2.84 bits per heavy atom. The molecule has 2 aromatic rings. The SMILES string of the molecule is C[C@H]1Cc2cc(F)cc(C[C@@H]3CCCN(N)C3c3ccccc3)c2O1. The molecule has 1 unspecified atom stereocenters. The quantitative estimate of drug-likeness (QED) is 0.858. The highest BCUT2D eigenvalue weighted by Crippen LogP contribution is 2.40. The maximum Gasteiger partial charge on any atom is 0.126 e. The summed E-state index contributed by atoms with van der Waals surface area (Å²) in [7, 11) is 0. The average molecular weight is 340 g/mol. The Labute approximate surface area is 148 Å². The van der Waals surface area contributed by atoms with Crippen molar-refractivity contribution in [2.45, 2.75) is 44.8 Å². The van der Waals surface area contributed by atoms with Crippen LogP contribution in [0.5, 0.6) is 5.75 Å². The molecule has 3 atom stereocenters. The van der Waals surface area contributed by atoms with Crippen molar-refractivity contribution in [3.63, 3.8) is 0 Å². The molecule has 132 valence electrons. The smallest absolute Gasteiger partial charge is 0.126 e. The molecule has 2 aliphatic heterocycles. The van der Waals surface area contributed by atoms with Crippen LogP contribution >= 0.6 is 0 Å². The molecule has 2 aromatic carbocycles. The molecular formula is C21H25FN2O. The fraction of sp³-hybridized carbons (Fsp3) is 0.429. The summed E-state index contributed by atoms with van der Waals surface area (Å²) >= 11 is 0. The topological polar surface area (TPSA) is 38.5 Å². The third-order valence-corrected chi connectivity index (χ3v) is 5.45. The zero-order valence-electron chi connectivity index (χ0n) is 14.6. The van der Waals surface area contributed by atoms with Gasteiger partial charge in [-0.3, -0.25) is 5.84 Å². The Bertz CT molecular complexity index is 749. The monoisotopic (exact) mass is 340 g/mol. The number of benzene rings is 2. The number of hydrogen-bond acceptors (Lipinski definition) is 3. The first kappa shape index (κ1) is 16.6. The van der Waals surface area contributed by atoms with Gasteiger partial charge in [-0.2, -0.15) is 0 Å². The van der Waals surface area contributed by atoms with Gasteiger partial charge in [0.1, 0.15) is 17.7 Å². The van der Waals surface area contributed by atoms with Crippen LogP contribution in [0.3, 0.4) is 0 Å². The van der Waals surface area contributed by atoms with Crippen molar-refractivity contribution < 1.29 is 9.13 Å². The number of piperidine rings is 1. The van der Waals surface area contributed by atoms with Crippen LogP contribution in [0, 0.1) is 11.7 Å². The van der Waals surface area contributed by atoms with E-state index in [0.29, 0.717) is 5.92 Å². The van der Waals surface area contributed by atoms with Crippen LogP contribution in [0.1, 0.15) is 42.5 Å². The minimum absolute atomic E-state index is 0.123. The van der Waals surface area contributed by atoms with E-state index in [9.17, 15) is 4.39 Å². The van der Waals surface area contributed by atoms with Gasteiger partial charge in [-0.1, -0.05) is 30.3 Å². The second kappa shape index (κ2) is 6.77. The van der Waals surface area contributed by atoms with E-state index in [4.69, 9.17) is 10.6 Å². The Morgan fingerprint density at radius 2 is 2.04 bits per heavy atom. The summed E-state index contributed by atoms with van der Waals surface area (Å²) in [6.45, 7) is 2.93. The number of nitrogens with zero attached hydrogens (tertiary/aromatic N) is 1. The molecule has 1 fully saturated rings. The Hall–Kier alpha value is -1.91. The minimum Gasteiger partial charge on any atom is -0.490 e. The molecule has 0 bridgehead atoms. The van der Waals surface area contributed by atoms with Gasteiger partial charge in [0.15, 0.2) is 0 Å². The van der Waals surface area contributed by atoms with E-state index in [-0.39, 0.29) is 18.0 Å². The summed E-state index contributed by atoms with van der Waals surface area (Å²) in [5.74, 6) is 7.44. The van der Waals surface area contributed by atoms with Gasteiger partial charge in [0.25, 0.3) is 0 Å². The molecule has 0 spiro atoms. The zero-order valence-corrected chi connectivity index (χ0v) is 14.6. The van der Waals surface area contributed by atoms with Crippen LogP contribution < -0.4 is 10.6 Å². The summed E-state index contributed by atoms with van der Waals surface area (Å²) in [6.07, 6.45) is 3.86. The van der Waals surface area contributed by atoms with Gasteiger partial charge in [-0.15, -0.1) is 0 Å². The van der Waals surface area contributed by atoms with Gasteiger partial charge in [0, 0.05) is 18.5 Å². The average Bonchev–Trinajstić information content (AvgIpc) is 2.96. The van der Waals surface area contributed by atoms with E-state index >= 15 is 0 Å². The molecule has 1 saturated heterocycles. The van der Waals surface area contributed by atoms with Gasteiger partial charge in [-0.05, 0) is 55.4 Å². The van der Waals surface area contributed by atoms with Gasteiger partial charge in [0.05, 0.1) is 6.04 Å². The number of rotatable bonds is 3. The van der Waals surface area contributed by atoms with Gasteiger partial charge >= 0.3 is 0 Å². The zero-order chi connectivity index (χ0) is 17.4. The fourth-order valence-electron chi connectivity index (χ4n) is 4.43. The molecule has 0 aliphatic carbocycles. The highest BCUT2D eigenvalue weighted by Gasteiger charge is 2.33. The summed E-state index contributed by atoms with van der Waals surface area (Å²) in [5, 5.41) is 1.95. The Morgan fingerprint density at radius 1 is 1.24 bits per heavy atom. The molecule has 3 nitrogen and oxygen atoms in total. The van der Waals surface area contributed by atoms with E-state index in [1.807, 2.05) is 18.0 Å². The highest BCUT2D eigenvalue weighted by molar-refractivity contribution is 5.45. The van der Waals surface area contributed by atoms with E-state index in [0.717, 1.165) is 49.1 Å². The molecule has 25 heavy (non-hydrogen) atoms. The lowest BCUT2D eigenvalue weighted by Crippen LogP contribution is -2.44. The number of hydrazine groups is 1. The predicted octanol–water partition coefficient (Wildman–Crippen LogP) is 4.02. The van der Waals surface area contributed by atoms with Gasteiger partial charge < -0.3 is 4.74 Å². The second-order valence-corrected chi connectivity index (χ2v) is 7.39. The molecule has 2 aliphatic rings. The number of hydrogen-bond donors (Lipinski definition) is 1. The molecule has 2 N–H and O–H groups in total. The molecule has 4 rings (SSSR count). The van der Waals surface area contributed by atoms with Crippen molar-refractivity contribution in [1.82, 2.24) is 5.01 Å². The van der Waals surface area contributed by atoms with E-state index in [1.54, 1.807) is 12.1 Å². The first-order valence-corrected chi connectivity index (χ1v) is 9.16. The maximum atomic E-state index is 14.1. The lowest BCUT2D eigenvalue weighted by Gasteiger charge is -2.39. The lowest BCUT2D eigenvalue weighted by molar-refractivity contribution is 0.0920. The Kier molecular flexibility index (Phi) is 4.48. The van der Waals surface area contributed by atoms with Crippen LogP contribution in [-0.2, 0) is 12.8 Å². The first-order valence-electron chi connectivity index (χ1n) is 9.16. The van der Waals surface area contributed by atoms with Crippen molar-refractivity contribution in [2.75, 3.05) is 6.54 Å². The molecular weight excluding hydrogens is 315 g/mol. The van der Waals surface area contributed by atoms with Gasteiger partial charge in [0.2, 0.25) is 0 Å². The molecule has 0 saturated carbocycles. The van der Waals surface area contributed by atoms with Crippen LogP contribution in [0.2, 0.25) is 0 Å². The van der Waals surface area contributed by atoms with E-state index in [1.165, 1.54) is 5.56 Å². The third-order valence-electron chi connectivity index (χ3n) is 5.45. The van der Waals surface area contributed by atoms with Crippen LogP contribution in [0.15, 0.2) is 42.5 Å². The number of nitrogens with two attached hydrogens (primary N) is 1. The standard InChI is InChI=1S/C21H25FN2O/c1-14-10-17-12-19(22)13-18(21(17)25-14)11-16-8-5-9-24(23)20(16)15-6-3-2-4-7-15/h2-4,6-7,12-14,16,20H,5,8-11,23H2,1H3/t14-,16-,20?/m0/s1. The number of ether oxygens (including phenoxy) is 1. The summed E-state index contributed by atoms with van der Waals surface area (Å²) in [4.78, 5) is 0. The first-order chi connectivity index (χ1) is 12.1. The van der Waals surface area contributed by atoms with Crippen molar-refractivity contribution in [2.24, 2.45) is 11.8 Å². The van der Waals surface area contributed by atoms with E-state index in [2.05, 4.69) is 24.3 Å². The van der Waals surface area contributed by atoms with Gasteiger partial charge in [-0.25, -0.2) is 9.40 Å². The fourth-order valence-corrected chi connectivity index (χ4v) is 4.43. The van der Waals surface area contributed by atoms with Crippen molar-refractivity contribution >= 4 is 0 Å². The molecule has 0 amide bonds. The normalized spacial score (nSPS) is 26.3. The van der Waals surface area contributed by atoms with Crippen molar-refractivity contribution in [3.05, 3.63) is 65.0 Å². The third kappa shape index (κ3) is 3.29. The lowest BCUT2D eigenvalue weighted by atomic mass is 9.81. The largest absolute Gasteiger partial charge is 0.490 e. The molecule has 0 aromatic heterocycles. The summed E-state index contributed by atoms with van der Waals surface area (Å²) < 4.78 is 20.1. The summed E-state index contributed by atoms with van der Waals surface area (Å²) in [6, 6.07) is 13.8. The van der Waals surface area contributed by atoms with Crippen molar-refractivity contribution in [1.29, 1.82) is 0 Å². The molecule has 4 heteroatoms. The van der Waals surface area contributed by atoms with E-state index < -0.39 is 0 Å². The van der Waals surface area contributed by atoms with Crippen LogP contribution in [-0.4, -0.2) is 17.7 Å². The Balaban J connectivity index is 1.65. The number of fused-ring (bicyclic) bond motifs is 1. The second-order valence-electron chi connectivity index (χ2n) is 7.39. The van der Waals surface area contributed by atoms with Crippen molar-refractivity contribution in [3.8, 4) is 5.75 Å². The molecule has 0 radical (unpaired) electrons. The van der Waals surface area contributed by atoms with Crippen LogP contribution in [0.25, 0.3) is 0 Å². The predicted molar refractivity (Wildman–Crippen MR) is 96.7 cm³/mol. The highest BCUT2D eigenvalue weighted by atomic mass is 19.1.